The zero-order chi connectivity index (χ0) is 15.7. The van der Waals surface area contributed by atoms with Gasteiger partial charge in [-0.05, 0) is 41.6 Å². The van der Waals surface area contributed by atoms with Crippen LogP contribution < -0.4 is 4.74 Å². The first-order chi connectivity index (χ1) is 10.6. The van der Waals surface area contributed by atoms with E-state index in [-0.39, 0.29) is 11.5 Å². The van der Waals surface area contributed by atoms with Crippen LogP contribution in [0.3, 0.4) is 0 Å². The summed E-state index contributed by atoms with van der Waals surface area (Å²) in [6.07, 6.45) is 0. The molecule has 0 aliphatic heterocycles. The second kappa shape index (κ2) is 5.53. The smallest absolute Gasteiger partial charge is 0.163 e. The number of Topliss-reactive ketones (excluding diaryl/α,β-unsaturated/α-hetero) is 1. The molecule has 0 spiro atoms. The molecule has 0 saturated carbocycles. The summed E-state index contributed by atoms with van der Waals surface area (Å²) in [7, 11) is 1.62. The molecule has 0 unspecified atom stereocenters. The maximum atomic E-state index is 11.8. The molecule has 0 radical (unpaired) electrons. The highest BCUT2D eigenvalue weighted by Gasteiger charge is 2.15. The fourth-order valence-electron chi connectivity index (χ4n) is 2.64. The monoisotopic (exact) mass is 292 g/mol. The van der Waals surface area contributed by atoms with E-state index in [9.17, 15) is 9.90 Å². The van der Waals surface area contributed by atoms with Gasteiger partial charge in [-0.15, -0.1) is 0 Å². The number of rotatable bonds is 3. The highest BCUT2D eigenvalue weighted by atomic mass is 16.5. The Morgan fingerprint density at radius 1 is 1.00 bits per heavy atom. The topological polar surface area (TPSA) is 46.5 Å². The van der Waals surface area contributed by atoms with Crippen LogP contribution in [0.1, 0.15) is 17.3 Å². The average molecular weight is 292 g/mol. The van der Waals surface area contributed by atoms with E-state index in [2.05, 4.69) is 0 Å². The zero-order valence-corrected chi connectivity index (χ0v) is 12.5. The summed E-state index contributed by atoms with van der Waals surface area (Å²) in [5, 5.41) is 11.9. The summed E-state index contributed by atoms with van der Waals surface area (Å²) in [5.74, 6) is 0.664. The number of ketones is 1. The molecule has 1 N–H and O–H groups in total. The van der Waals surface area contributed by atoms with Crippen molar-refractivity contribution in [3.8, 4) is 22.6 Å². The first-order valence-corrected chi connectivity index (χ1v) is 7.02. The standard InChI is InChI=1S/C19H16O3/c1-12(20)17-11-18(13-7-9-14(22-2)10-8-13)15-5-3-4-6-16(15)19(17)21/h3-11,21H,1-2H3. The van der Waals surface area contributed by atoms with Crippen LogP contribution in [0.2, 0.25) is 0 Å². The number of ether oxygens (including phenoxy) is 1. The van der Waals surface area contributed by atoms with E-state index < -0.39 is 0 Å². The molecule has 3 heteroatoms. The van der Waals surface area contributed by atoms with Crippen molar-refractivity contribution in [3.05, 3.63) is 60.2 Å². The second-order valence-electron chi connectivity index (χ2n) is 5.15. The molecule has 0 fully saturated rings. The Kier molecular flexibility index (Phi) is 3.55. The maximum absolute atomic E-state index is 11.8. The number of carbonyl (C=O) groups excluding carboxylic acids is 1. The van der Waals surface area contributed by atoms with Gasteiger partial charge >= 0.3 is 0 Å². The van der Waals surface area contributed by atoms with E-state index in [1.807, 2.05) is 48.5 Å². The summed E-state index contributed by atoms with van der Waals surface area (Å²) >= 11 is 0. The van der Waals surface area contributed by atoms with Gasteiger partial charge in [0, 0.05) is 5.39 Å². The Bertz CT molecular complexity index is 848. The fourth-order valence-corrected chi connectivity index (χ4v) is 2.64. The van der Waals surface area contributed by atoms with Crippen LogP contribution in [0, 0.1) is 0 Å². The van der Waals surface area contributed by atoms with Crippen LogP contribution in [0.15, 0.2) is 54.6 Å². The summed E-state index contributed by atoms with van der Waals surface area (Å²) < 4.78 is 5.18. The van der Waals surface area contributed by atoms with E-state index in [1.54, 1.807) is 13.2 Å². The van der Waals surface area contributed by atoms with Crippen molar-refractivity contribution < 1.29 is 14.6 Å². The van der Waals surface area contributed by atoms with Gasteiger partial charge in [-0.2, -0.15) is 0 Å². The molecule has 0 saturated heterocycles. The van der Waals surface area contributed by atoms with Gasteiger partial charge in [-0.1, -0.05) is 36.4 Å². The number of phenols is 1. The normalized spacial score (nSPS) is 10.6. The van der Waals surface area contributed by atoms with Gasteiger partial charge in [0.1, 0.15) is 11.5 Å². The molecule has 0 atom stereocenters. The van der Waals surface area contributed by atoms with Crippen molar-refractivity contribution in [2.75, 3.05) is 7.11 Å². The van der Waals surface area contributed by atoms with Gasteiger partial charge in [-0.3, -0.25) is 4.79 Å². The summed E-state index contributed by atoms with van der Waals surface area (Å²) in [5.41, 5.74) is 2.23. The molecule has 0 bridgehead atoms. The second-order valence-corrected chi connectivity index (χ2v) is 5.15. The lowest BCUT2D eigenvalue weighted by Gasteiger charge is -2.12. The van der Waals surface area contributed by atoms with Crippen molar-refractivity contribution in [3.63, 3.8) is 0 Å². The molecule has 3 nitrogen and oxygen atoms in total. The number of methoxy groups -OCH3 is 1. The van der Waals surface area contributed by atoms with Crippen molar-refractivity contribution in [2.24, 2.45) is 0 Å². The molecule has 3 aromatic rings. The van der Waals surface area contributed by atoms with E-state index in [4.69, 9.17) is 4.74 Å². The summed E-state index contributed by atoms with van der Waals surface area (Å²) in [6.45, 7) is 1.46. The van der Waals surface area contributed by atoms with Crippen LogP contribution >= 0.6 is 0 Å². The Morgan fingerprint density at radius 2 is 1.64 bits per heavy atom. The lowest BCUT2D eigenvalue weighted by atomic mass is 9.93. The molecule has 0 aliphatic rings. The summed E-state index contributed by atoms with van der Waals surface area (Å²) in [6, 6.07) is 16.9. The predicted octanol–water partition coefficient (Wildman–Crippen LogP) is 4.42. The molecule has 0 aliphatic carbocycles. The van der Waals surface area contributed by atoms with E-state index in [0.29, 0.717) is 10.9 Å². The largest absolute Gasteiger partial charge is 0.507 e. The highest BCUT2D eigenvalue weighted by molar-refractivity contribution is 6.09. The van der Waals surface area contributed by atoms with Gasteiger partial charge in [0.25, 0.3) is 0 Å². The minimum absolute atomic E-state index is 0.0420. The average Bonchev–Trinajstić information content (AvgIpc) is 2.55. The lowest BCUT2D eigenvalue weighted by molar-refractivity contribution is 0.101. The molecule has 110 valence electrons. The Balaban J connectivity index is 2.31. The number of phenolic OH excluding ortho intramolecular Hbond substituents is 1. The van der Waals surface area contributed by atoms with Gasteiger partial charge < -0.3 is 9.84 Å². The highest BCUT2D eigenvalue weighted by Crippen LogP contribution is 2.37. The third-order valence-corrected chi connectivity index (χ3v) is 3.80. The molecule has 3 rings (SSSR count). The van der Waals surface area contributed by atoms with Crippen LogP contribution in [-0.2, 0) is 0 Å². The predicted molar refractivity (Wildman–Crippen MR) is 87.6 cm³/mol. The third-order valence-electron chi connectivity index (χ3n) is 3.80. The number of benzene rings is 3. The fraction of sp³-hybridized carbons (Fsp3) is 0.105. The number of carbonyl (C=O) groups is 1. The molecule has 0 heterocycles. The first kappa shape index (κ1) is 14.1. The molecule has 22 heavy (non-hydrogen) atoms. The number of fused-ring (bicyclic) bond motifs is 1. The van der Waals surface area contributed by atoms with Crippen LogP contribution in [0.4, 0.5) is 0 Å². The van der Waals surface area contributed by atoms with Crippen LogP contribution in [-0.4, -0.2) is 18.0 Å². The van der Waals surface area contributed by atoms with Gasteiger partial charge in [-0.25, -0.2) is 0 Å². The van der Waals surface area contributed by atoms with Crippen molar-refractivity contribution >= 4 is 16.6 Å². The van der Waals surface area contributed by atoms with E-state index >= 15 is 0 Å². The van der Waals surface area contributed by atoms with Crippen LogP contribution in [0.5, 0.6) is 11.5 Å². The first-order valence-electron chi connectivity index (χ1n) is 7.02. The van der Waals surface area contributed by atoms with Crippen molar-refractivity contribution in [2.45, 2.75) is 6.92 Å². The lowest BCUT2D eigenvalue weighted by Crippen LogP contribution is -1.95. The van der Waals surface area contributed by atoms with E-state index in [0.717, 1.165) is 22.3 Å². The SMILES string of the molecule is COc1ccc(-c2cc(C(C)=O)c(O)c3ccccc23)cc1. The van der Waals surface area contributed by atoms with Gasteiger partial charge in [0.2, 0.25) is 0 Å². The minimum atomic E-state index is -0.155. The molecular formula is C19H16O3. The van der Waals surface area contributed by atoms with Crippen molar-refractivity contribution in [1.29, 1.82) is 0 Å². The molecular weight excluding hydrogens is 276 g/mol. The quantitative estimate of drug-likeness (QED) is 0.727. The summed E-state index contributed by atoms with van der Waals surface area (Å²) in [4.78, 5) is 11.8. The minimum Gasteiger partial charge on any atom is -0.507 e. The van der Waals surface area contributed by atoms with Gasteiger partial charge in [0.05, 0.1) is 12.7 Å². The van der Waals surface area contributed by atoms with Crippen molar-refractivity contribution in [1.82, 2.24) is 0 Å². The van der Waals surface area contributed by atoms with Crippen LogP contribution in [0.25, 0.3) is 21.9 Å². The Hall–Kier alpha value is -2.81. The molecule has 0 amide bonds. The zero-order valence-electron chi connectivity index (χ0n) is 12.5. The van der Waals surface area contributed by atoms with Gasteiger partial charge in [0.15, 0.2) is 5.78 Å². The number of aromatic hydroxyl groups is 1. The third kappa shape index (κ3) is 2.31. The number of hydrogen-bond donors (Lipinski definition) is 1. The molecule has 0 aromatic heterocycles. The number of hydrogen-bond acceptors (Lipinski definition) is 3. The maximum Gasteiger partial charge on any atom is 0.163 e. The van der Waals surface area contributed by atoms with E-state index in [1.165, 1.54) is 6.92 Å². The molecule has 3 aromatic carbocycles. The Morgan fingerprint density at radius 3 is 2.23 bits per heavy atom. The Labute approximate surface area is 128 Å².